The molecule has 0 aliphatic carbocycles. The van der Waals surface area contributed by atoms with Crippen LogP contribution < -0.4 is 17.2 Å². The van der Waals surface area contributed by atoms with Gasteiger partial charge in [0.25, 0.3) is 0 Å². The zero-order valence-electron chi connectivity index (χ0n) is 8.46. The van der Waals surface area contributed by atoms with Crippen molar-refractivity contribution in [3.63, 3.8) is 0 Å². The molecule has 0 aliphatic rings. The molecule has 14 heavy (non-hydrogen) atoms. The lowest BCUT2D eigenvalue weighted by Gasteiger charge is -2.05. The van der Waals surface area contributed by atoms with Gasteiger partial charge in [0.1, 0.15) is 0 Å². The van der Waals surface area contributed by atoms with Gasteiger partial charge in [0.2, 0.25) is 0 Å². The lowest BCUT2D eigenvalue weighted by molar-refractivity contribution is 1.01. The van der Waals surface area contributed by atoms with E-state index in [-0.39, 0.29) is 0 Å². The Morgan fingerprint density at radius 1 is 1.21 bits per heavy atom. The van der Waals surface area contributed by atoms with Crippen molar-refractivity contribution >= 4 is 17.5 Å². The molecule has 0 atom stereocenters. The maximum absolute atomic E-state index is 5.71. The zero-order chi connectivity index (χ0) is 10.6. The molecular formula is C11H17N3. The highest BCUT2D eigenvalue weighted by atomic mass is 14.7. The molecule has 6 N–H and O–H groups in total. The first kappa shape index (κ1) is 10.6. The number of nitrogens with two attached hydrogens (primary N) is 3. The SMILES string of the molecule is Cc1cc(N)c(N)cc1C=CCCN. The van der Waals surface area contributed by atoms with Crippen molar-refractivity contribution in [1.29, 1.82) is 0 Å². The highest BCUT2D eigenvalue weighted by Gasteiger charge is 1.99. The largest absolute Gasteiger partial charge is 0.397 e. The molecule has 3 nitrogen and oxygen atoms in total. The molecule has 0 unspecified atom stereocenters. The Morgan fingerprint density at radius 3 is 2.50 bits per heavy atom. The van der Waals surface area contributed by atoms with Crippen LogP contribution in [0.2, 0.25) is 0 Å². The number of aryl methyl sites for hydroxylation is 1. The van der Waals surface area contributed by atoms with Crippen LogP contribution in [0.25, 0.3) is 6.08 Å². The van der Waals surface area contributed by atoms with Gasteiger partial charge in [-0.3, -0.25) is 0 Å². The third-order valence-electron chi connectivity index (χ3n) is 2.10. The van der Waals surface area contributed by atoms with E-state index in [1.165, 1.54) is 0 Å². The maximum Gasteiger partial charge on any atom is 0.0553 e. The predicted octanol–water partition coefficient (Wildman–Crippen LogP) is 1.52. The molecule has 0 bridgehead atoms. The van der Waals surface area contributed by atoms with Crippen molar-refractivity contribution in [2.45, 2.75) is 13.3 Å². The van der Waals surface area contributed by atoms with Gasteiger partial charge in [-0.1, -0.05) is 12.2 Å². The number of benzene rings is 1. The van der Waals surface area contributed by atoms with E-state index in [1.807, 2.05) is 31.2 Å². The van der Waals surface area contributed by atoms with Crippen LogP contribution in [-0.2, 0) is 0 Å². The van der Waals surface area contributed by atoms with E-state index in [9.17, 15) is 0 Å². The van der Waals surface area contributed by atoms with Gasteiger partial charge in [-0.2, -0.15) is 0 Å². The first-order valence-corrected chi connectivity index (χ1v) is 4.67. The van der Waals surface area contributed by atoms with Crippen molar-refractivity contribution < 1.29 is 0 Å². The van der Waals surface area contributed by atoms with Gasteiger partial charge in [0.15, 0.2) is 0 Å². The van der Waals surface area contributed by atoms with Crippen molar-refractivity contribution in [3.8, 4) is 0 Å². The minimum Gasteiger partial charge on any atom is -0.397 e. The Labute approximate surface area is 84.6 Å². The van der Waals surface area contributed by atoms with Gasteiger partial charge >= 0.3 is 0 Å². The van der Waals surface area contributed by atoms with Crippen LogP contribution >= 0.6 is 0 Å². The van der Waals surface area contributed by atoms with Crippen LogP contribution in [0.15, 0.2) is 18.2 Å². The Kier molecular flexibility index (Phi) is 3.54. The number of hydrogen-bond donors (Lipinski definition) is 3. The summed E-state index contributed by atoms with van der Waals surface area (Å²) in [6.45, 7) is 2.68. The van der Waals surface area contributed by atoms with Crippen LogP contribution in [0.4, 0.5) is 11.4 Å². The maximum atomic E-state index is 5.71. The molecule has 0 heterocycles. The molecule has 1 aromatic carbocycles. The zero-order valence-corrected chi connectivity index (χ0v) is 8.46. The lowest BCUT2D eigenvalue weighted by atomic mass is 10.1. The molecule has 1 aromatic rings. The van der Waals surface area contributed by atoms with E-state index in [0.717, 1.165) is 17.5 Å². The van der Waals surface area contributed by atoms with Crippen LogP contribution in [0.5, 0.6) is 0 Å². The molecular weight excluding hydrogens is 174 g/mol. The van der Waals surface area contributed by atoms with Crippen molar-refractivity contribution in [1.82, 2.24) is 0 Å². The molecule has 0 aromatic heterocycles. The normalized spacial score (nSPS) is 11.0. The van der Waals surface area contributed by atoms with Crippen LogP contribution in [0, 0.1) is 6.92 Å². The molecule has 0 amide bonds. The van der Waals surface area contributed by atoms with Crippen LogP contribution in [0.3, 0.4) is 0 Å². The number of rotatable bonds is 3. The average molecular weight is 191 g/mol. The van der Waals surface area contributed by atoms with E-state index in [4.69, 9.17) is 17.2 Å². The van der Waals surface area contributed by atoms with Crippen LogP contribution in [-0.4, -0.2) is 6.54 Å². The van der Waals surface area contributed by atoms with E-state index in [0.29, 0.717) is 17.9 Å². The number of hydrogen-bond acceptors (Lipinski definition) is 3. The highest BCUT2D eigenvalue weighted by Crippen LogP contribution is 2.21. The van der Waals surface area contributed by atoms with Crippen molar-refractivity contribution in [2.24, 2.45) is 5.73 Å². The molecule has 3 heteroatoms. The summed E-state index contributed by atoms with van der Waals surface area (Å²) in [4.78, 5) is 0. The van der Waals surface area contributed by atoms with Gasteiger partial charge in [-0.15, -0.1) is 0 Å². The minimum absolute atomic E-state index is 0.628. The monoisotopic (exact) mass is 191 g/mol. The fourth-order valence-electron chi connectivity index (χ4n) is 1.25. The Morgan fingerprint density at radius 2 is 1.86 bits per heavy atom. The Hall–Kier alpha value is -1.48. The summed E-state index contributed by atoms with van der Waals surface area (Å²) >= 11 is 0. The predicted molar refractivity (Wildman–Crippen MR) is 62.7 cm³/mol. The Bertz CT molecular complexity index is 343. The topological polar surface area (TPSA) is 78.1 Å². The van der Waals surface area contributed by atoms with Gasteiger partial charge in [0.05, 0.1) is 11.4 Å². The third kappa shape index (κ3) is 2.50. The standard InChI is InChI=1S/C11H17N3/c1-8-6-10(13)11(14)7-9(8)4-2-3-5-12/h2,4,6-7H,3,5,12-14H2,1H3. The van der Waals surface area contributed by atoms with Crippen LogP contribution in [0.1, 0.15) is 17.5 Å². The fraction of sp³-hybridized carbons (Fsp3) is 0.273. The van der Waals surface area contributed by atoms with Gasteiger partial charge in [0, 0.05) is 0 Å². The lowest BCUT2D eigenvalue weighted by Crippen LogP contribution is -1.97. The molecule has 0 saturated carbocycles. The first-order chi connectivity index (χ1) is 6.65. The third-order valence-corrected chi connectivity index (χ3v) is 2.10. The van der Waals surface area contributed by atoms with Gasteiger partial charge in [-0.05, 0) is 43.1 Å². The molecule has 76 valence electrons. The Balaban J connectivity index is 2.92. The van der Waals surface area contributed by atoms with Gasteiger partial charge < -0.3 is 17.2 Å². The molecule has 0 fully saturated rings. The van der Waals surface area contributed by atoms with Crippen molar-refractivity contribution in [3.05, 3.63) is 29.3 Å². The summed E-state index contributed by atoms with van der Waals surface area (Å²) in [5.74, 6) is 0. The molecule has 1 rings (SSSR count). The van der Waals surface area contributed by atoms with Gasteiger partial charge in [-0.25, -0.2) is 0 Å². The van der Waals surface area contributed by atoms with E-state index >= 15 is 0 Å². The summed E-state index contributed by atoms with van der Waals surface area (Å²) < 4.78 is 0. The van der Waals surface area contributed by atoms with E-state index < -0.39 is 0 Å². The summed E-state index contributed by atoms with van der Waals surface area (Å²) in [6.07, 6.45) is 4.94. The smallest absolute Gasteiger partial charge is 0.0553 e. The second-order valence-electron chi connectivity index (χ2n) is 3.32. The molecule has 0 spiro atoms. The summed E-state index contributed by atoms with van der Waals surface area (Å²) in [6, 6.07) is 3.77. The second-order valence-corrected chi connectivity index (χ2v) is 3.32. The van der Waals surface area contributed by atoms with E-state index in [1.54, 1.807) is 0 Å². The quantitative estimate of drug-likeness (QED) is 0.634. The molecule has 0 radical (unpaired) electrons. The molecule has 0 aliphatic heterocycles. The minimum atomic E-state index is 0.628. The highest BCUT2D eigenvalue weighted by molar-refractivity contribution is 5.70. The average Bonchev–Trinajstić information content (AvgIpc) is 2.14. The number of nitrogen functional groups attached to an aromatic ring is 2. The first-order valence-electron chi connectivity index (χ1n) is 4.67. The summed E-state index contributed by atoms with van der Waals surface area (Å²) in [5, 5.41) is 0. The fourth-order valence-corrected chi connectivity index (χ4v) is 1.25. The van der Waals surface area contributed by atoms with Crippen molar-refractivity contribution in [2.75, 3.05) is 18.0 Å². The molecule has 0 saturated heterocycles. The summed E-state index contributed by atoms with van der Waals surface area (Å²) in [5.41, 5.74) is 20.3. The summed E-state index contributed by atoms with van der Waals surface area (Å²) in [7, 11) is 0. The second kappa shape index (κ2) is 4.67. The number of anilines is 2. The van der Waals surface area contributed by atoms with E-state index in [2.05, 4.69) is 0 Å².